The van der Waals surface area contributed by atoms with Gasteiger partial charge in [0.05, 0.1) is 7.11 Å². The molecule has 8 heteroatoms. The van der Waals surface area contributed by atoms with Crippen molar-refractivity contribution in [2.45, 2.75) is 25.9 Å². The highest BCUT2D eigenvalue weighted by molar-refractivity contribution is 5.98. The molecule has 1 atom stereocenters. The van der Waals surface area contributed by atoms with Crippen LogP contribution in [-0.4, -0.2) is 52.9 Å². The van der Waals surface area contributed by atoms with Gasteiger partial charge in [0, 0.05) is 31.8 Å². The molecule has 0 spiro atoms. The van der Waals surface area contributed by atoms with Crippen molar-refractivity contribution < 1.29 is 28.7 Å². The molecule has 152 valence electrons. The third-order valence-corrected chi connectivity index (χ3v) is 4.99. The van der Waals surface area contributed by atoms with Gasteiger partial charge in [0.15, 0.2) is 12.4 Å². The molecule has 0 saturated heterocycles. The average Bonchev–Trinajstić information content (AvgIpc) is 3.12. The minimum Gasteiger partial charge on any atom is -0.467 e. The first-order valence-electron chi connectivity index (χ1n) is 9.10. The molecule has 0 bridgehead atoms. The van der Waals surface area contributed by atoms with E-state index in [9.17, 15) is 19.2 Å². The number of nitrogens with zero attached hydrogens (tertiary/aromatic N) is 2. The summed E-state index contributed by atoms with van der Waals surface area (Å²) in [5.41, 5.74) is 2.45. The summed E-state index contributed by atoms with van der Waals surface area (Å²) < 4.78 is 11.5. The number of ketones is 1. The number of hydrogen-bond acceptors (Lipinski definition) is 6. The number of ether oxygens (including phenoxy) is 2. The SMILES string of the molecule is COC(=O)[C@@H]1Cc2ccccc2CN1C(=O)COC(=O)c1cc(C(C)=O)cn1C. The fraction of sp³-hybridized carbons (Fsp3) is 0.333. The lowest BCUT2D eigenvalue weighted by molar-refractivity contribution is -0.155. The predicted molar refractivity (Wildman–Crippen MR) is 102 cm³/mol. The van der Waals surface area contributed by atoms with Gasteiger partial charge in [-0.15, -0.1) is 0 Å². The number of esters is 2. The van der Waals surface area contributed by atoms with Gasteiger partial charge in [-0.3, -0.25) is 9.59 Å². The molecule has 0 fully saturated rings. The predicted octanol–water partition coefficient (Wildman–Crippen LogP) is 1.51. The number of aryl methyl sites for hydroxylation is 1. The van der Waals surface area contributed by atoms with Gasteiger partial charge in [-0.1, -0.05) is 24.3 Å². The number of rotatable bonds is 5. The number of fused-ring (bicyclic) bond motifs is 1. The molecule has 1 aromatic carbocycles. The van der Waals surface area contributed by atoms with Crippen LogP contribution in [0.4, 0.5) is 0 Å². The van der Waals surface area contributed by atoms with E-state index >= 15 is 0 Å². The molecule has 1 aliphatic heterocycles. The summed E-state index contributed by atoms with van der Waals surface area (Å²) in [7, 11) is 2.88. The van der Waals surface area contributed by atoms with Gasteiger partial charge in [-0.05, 0) is 24.1 Å². The number of Topliss-reactive ketones (excluding diaryl/α,β-unsaturated/α-hetero) is 1. The highest BCUT2D eigenvalue weighted by Crippen LogP contribution is 2.24. The van der Waals surface area contributed by atoms with Crippen molar-refractivity contribution >= 4 is 23.6 Å². The minimum atomic E-state index is -0.777. The van der Waals surface area contributed by atoms with E-state index in [0.717, 1.165) is 11.1 Å². The summed E-state index contributed by atoms with van der Waals surface area (Å²) in [5, 5.41) is 0. The number of aromatic nitrogens is 1. The summed E-state index contributed by atoms with van der Waals surface area (Å²) >= 11 is 0. The van der Waals surface area contributed by atoms with E-state index in [-0.39, 0.29) is 18.0 Å². The fourth-order valence-electron chi connectivity index (χ4n) is 3.38. The second-order valence-electron chi connectivity index (χ2n) is 6.89. The lowest BCUT2D eigenvalue weighted by Gasteiger charge is -2.35. The Kier molecular flexibility index (Phi) is 5.81. The largest absolute Gasteiger partial charge is 0.467 e. The Hall–Kier alpha value is -3.42. The van der Waals surface area contributed by atoms with E-state index in [1.165, 1.54) is 35.8 Å². The number of hydrogen-bond donors (Lipinski definition) is 0. The molecule has 1 aliphatic rings. The lowest BCUT2D eigenvalue weighted by atomic mass is 9.94. The van der Waals surface area contributed by atoms with E-state index < -0.39 is 30.5 Å². The number of benzene rings is 1. The minimum absolute atomic E-state index is 0.163. The van der Waals surface area contributed by atoms with Crippen molar-refractivity contribution in [1.82, 2.24) is 9.47 Å². The molecule has 0 radical (unpaired) electrons. The number of carbonyl (C=O) groups is 4. The number of methoxy groups -OCH3 is 1. The Balaban J connectivity index is 1.72. The van der Waals surface area contributed by atoms with E-state index in [1.807, 2.05) is 24.3 Å². The van der Waals surface area contributed by atoms with E-state index in [0.29, 0.717) is 12.0 Å². The standard InChI is InChI=1S/C21H22N2O6/c1-13(24)16-9-17(22(2)10-16)21(27)29-12-19(25)23-11-15-7-5-4-6-14(15)8-18(23)20(26)28-3/h4-7,9-10,18H,8,11-12H2,1-3H3/t18-/m0/s1. The van der Waals surface area contributed by atoms with E-state index in [1.54, 1.807) is 7.05 Å². The monoisotopic (exact) mass is 398 g/mol. The maximum absolute atomic E-state index is 12.8. The molecule has 2 aromatic rings. The normalized spacial score (nSPS) is 15.4. The quantitative estimate of drug-likeness (QED) is 0.560. The van der Waals surface area contributed by atoms with Gasteiger partial charge in [0.1, 0.15) is 11.7 Å². The van der Waals surface area contributed by atoms with Crippen molar-refractivity contribution in [2.75, 3.05) is 13.7 Å². The van der Waals surface area contributed by atoms with Gasteiger partial charge < -0.3 is 18.9 Å². The maximum Gasteiger partial charge on any atom is 0.355 e. The Labute approximate surface area is 168 Å². The number of carbonyl (C=O) groups excluding carboxylic acids is 4. The van der Waals surface area contributed by atoms with Gasteiger partial charge in [0.2, 0.25) is 0 Å². The topological polar surface area (TPSA) is 94.9 Å². The van der Waals surface area contributed by atoms with Crippen molar-refractivity contribution in [3.8, 4) is 0 Å². The van der Waals surface area contributed by atoms with Crippen LogP contribution in [0.25, 0.3) is 0 Å². The van der Waals surface area contributed by atoms with Crippen LogP contribution in [0.15, 0.2) is 36.5 Å². The molecule has 2 heterocycles. The van der Waals surface area contributed by atoms with Gasteiger partial charge in [0.25, 0.3) is 5.91 Å². The molecule has 0 unspecified atom stereocenters. The van der Waals surface area contributed by atoms with Crippen LogP contribution in [0.3, 0.4) is 0 Å². The first-order chi connectivity index (χ1) is 13.8. The van der Waals surface area contributed by atoms with E-state index in [2.05, 4.69) is 0 Å². The summed E-state index contributed by atoms with van der Waals surface area (Å²) in [6.45, 7) is 1.11. The highest BCUT2D eigenvalue weighted by Gasteiger charge is 2.35. The first kappa shape index (κ1) is 20.3. The summed E-state index contributed by atoms with van der Waals surface area (Å²) in [4.78, 5) is 50.1. The van der Waals surface area contributed by atoms with Crippen molar-refractivity contribution in [3.63, 3.8) is 0 Å². The molecular formula is C21H22N2O6. The molecule has 1 aromatic heterocycles. The number of amides is 1. The smallest absolute Gasteiger partial charge is 0.355 e. The zero-order chi connectivity index (χ0) is 21.1. The van der Waals surface area contributed by atoms with Crippen molar-refractivity contribution in [2.24, 2.45) is 7.05 Å². The lowest BCUT2D eigenvalue weighted by Crippen LogP contribution is -2.50. The second-order valence-corrected chi connectivity index (χ2v) is 6.89. The Morgan fingerprint density at radius 3 is 2.45 bits per heavy atom. The Morgan fingerprint density at radius 1 is 1.14 bits per heavy atom. The fourth-order valence-corrected chi connectivity index (χ4v) is 3.38. The van der Waals surface area contributed by atoms with Crippen LogP contribution >= 0.6 is 0 Å². The van der Waals surface area contributed by atoms with Crippen molar-refractivity contribution in [1.29, 1.82) is 0 Å². The summed E-state index contributed by atoms with van der Waals surface area (Å²) in [6.07, 6.45) is 1.86. The maximum atomic E-state index is 12.8. The zero-order valence-electron chi connectivity index (χ0n) is 16.5. The van der Waals surface area contributed by atoms with Crippen LogP contribution in [0.5, 0.6) is 0 Å². The third kappa shape index (κ3) is 4.21. The van der Waals surface area contributed by atoms with Crippen LogP contribution in [0, 0.1) is 0 Å². The van der Waals surface area contributed by atoms with Gasteiger partial charge >= 0.3 is 11.9 Å². The third-order valence-electron chi connectivity index (χ3n) is 4.99. The van der Waals surface area contributed by atoms with Crippen LogP contribution in [-0.2, 0) is 39.1 Å². The Morgan fingerprint density at radius 2 is 1.83 bits per heavy atom. The van der Waals surface area contributed by atoms with Crippen LogP contribution in [0.1, 0.15) is 38.9 Å². The first-order valence-corrected chi connectivity index (χ1v) is 9.10. The zero-order valence-corrected chi connectivity index (χ0v) is 16.5. The molecule has 3 rings (SSSR count). The summed E-state index contributed by atoms with van der Waals surface area (Å²) in [6, 6.07) is 8.19. The molecule has 29 heavy (non-hydrogen) atoms. The van der Waals surface area contributed by atoms with E-state index in [4.69, 9.17) is 9.47 Å². The molecule has 0 aliphatic carbocycles. The average molecular weight is 398 g/mol. The van der Waals surface area contributed by atoms with Crippen molar-refractivity contribution in [3.05, 3.63) is 58.9 Å². The van der Waals surface area contributed by atoms with Crippen LogP contribution < -0.4 is 0 Å². The van der Waals surface area contributed by atoms with Crippen LogP contribution in [0.2, 0.25) is 0 Å². The molecule has 1 amide bonds. The molecular weight excluding hydrogens is 376 g/mol. The highest BCUT2D eigenvalue weighted by atomic mass is 16.5. The molecule has 8 nitrogen and oxygen atoms in total. The van der Waals surface area contributed by atoms with Gasteiger partial charge in [-0.2, -0.15) is 0 Å². The van der Waals surface area contributed by atoms with Gasteiger partial charge in [-0.25, -0.2) is 9.59 Å². The molecule has 0 N–H and O–H groups in total. The molecule has 0 saturated carbocycles. The Bertz CT molecular complexity index is 977. The summed E-state index contributed by atoms with van der Waals surface area (Å²) in [5.74, 6) is -1.92. The second kappa shape index (κ2) is 8.30.